The zero-order valence-corrected chi connectivity index (χ0v) is 18.4. The van der Waals surface area contributed by atoms with Gasteiger partial charge in [0.15, 0.2) is 5.76 Å². The van der Waals surface area contributed by atoms with Crippen molar-refractivity contribution in [1.29, 1.82) is 0 Å². The van der Waals surface area contributed by atoms with Crippen molar-refractivity contribution in [3.8, 4) is 0 Å². The van der Waals surface area contributed by atoms with Gasteiger partial charge >= 0.3 is 0 Å². The maximum Gasteiger partial charge on any atom is 0.286 e. The van der Waals surface area contributed by atoms with Gasteiger partial charge in [0, 0.05) is 23.3 Å². The summed E-state index contributed by atoms with van der Waals surface area (Å²) < 4.78 is 12.1. The molecule has 2 N–H and O–H groups in total. The Labute approximate surface area is 187 Å². The van der Waals surface area contributed by atoms with Crippen LogP contribution in [0.3, 0.4) is 0 Å². The van der Waals surface area contributed by atoms with Gasteiger partial charge in [0.1, 0.15) is 0 Å². The Bertz CT molecular complexity index is 924. The molecule has 0 spiro atoms. The molecule has 1 aliphatic heterocycles. The molecule has 5 rings (SSSR count). The highest BCUT2D eigenvalue weighted by molar-refractivity contribution is 7.10. The van der Waals surface area contributed by atoms with Crippen molar-refractivity contribution in [2.45, 2.75) is 63.6 Å². The fourth-order valence-electron chi connectivity index (χ4n) is 5.21. The van der Waals surface area contributed by atoms with Gasteiger partial charge in [0.25, 0.3) is 5.91 Å². The number of carbonyl (C=O) groups excluding carboxylic acids is 1. The van der Waals surface area contributed by atoms with Crippen molar-refractivity contribution in [1.82, 2.24) is 5.32 Å². The predicted octanol–water partition coefficient (Wildman–Crippen LogP) is 4.48. The first kappa shape index (κ1) is 20.7. The summed E-state index contributed by atoms with van der Waals surface area (Å²) in [6, 6.07) is 12.1. The quantitative estimate of drug-likeness (QED) is 0.668. The first-order valence-electron chi connectivity index (χ1n) is 11.2. The third-order valence-corrected chi connectivity index (χ3v) is 7.89. The zero-order chi connectivity index (χ0) is 21.2. The molecule has 1 amide bonds. The van der Waals surface area contributed by atoms with Crippen molar-refractivity contribution in [2.24, 2.45) is 11.8 Å². The molecule has 0 saturated heterocycles. The number of ether oxygens (including phenoxy) is 2. The van der Waals surface area contributed by atoms with Crippen LogP contribution in [0.25, 0.3) is 0 Å². The Morgan fingerprint density at radius 3 is 2.65 bits per heavy atom. The summed E-state index contributed by atoms with van der Waals surface area (Å²) in [5.74, 6) is 1.79. The summed E-state index contributed by atoms with van der Waals surface area (Å²) in [6.07, 6.45) is 7.06. The van der Waals surface area contributed by atoms with E-state index in [9.17, 15) is 9.90 Å². The number of aliphatic hydroxyl groups excluding tert-OH is 1. The standard InChI is InChI=1S/C25H29NO4S/c27-14-16-3-5-17(6-4-16)15-29-24-13-20(23-2-1-9-31-23)12-22(30-24)25(28)26-21-11-18-7-8-19(21)10-18/h1-6,9,12,18-21,24,27H,7-8,10-11,13-15H2,(H,26,28)/t18?,19?,20-,21?,24+/m0/s1. The van der Waals surface area contributed by atoms with E-state index in [0.29, 0.717) is 24.7 Å². The van der Waals surface area contributed by atoms with Crippen LogP contribution in [0.2, 0.25) is 0 Å². The predicted molar refractivity (Wildman–Crippen MR) is 119 cm³/mol. The number of benzene rings is 1. The fraction of sp³-hybridized carbons (Fsp3) is 0.480. The van der Waals surface area contributed by atoms with Crippen LogP contribution in [0.15, 0.2) is 53.6 Å². The van der Waals surface area contributed by atoms with E-state index in [1.165, 1.54) is 24.1 Å². The fourth-order valence-corrected chi connectivity index (χ4v) is 6.02. The molecule has 2 aromatic rings. The third kappa shape index (κ3) is 4.71. The van der Waals surface area contributed by atoms with E-state index >= 15 is 0 Å². The molecule has 164 valence electrons. The summed E-state index contributed by atoms with van der Waals surface area (Å²) in [6.45, 7) is 0.427. The topological polar surface area (TPSA) is 67.8 Å². The molecular weight excluding hydrogens is 410 g/mol. The maximum atomic E-state index is 13.1. The number of aliphatic hydroxyl groups is 1. The normalized spacial score (nSPS) is 29.5. The molecule has 1 aromatic heterocycles. The van der Waals surface area contributed by atoms with Gasteiger partial charge in [-0.3, -0.25) is 4.79 Å². The van der Waals surface area contributed by atoms with Crippen molar-refractivity contribution in [3.63, 3.8) is 0 Å². The van der Waals surface area contributed by atoms with E-state index in [0.717, 1.165) is 23.5 Å². The molecule has 5 nitrogen and oxygen atoms in total. The minimum absolute atomic E-state index is 0.0290. The number of rotatable bonds is 7. The lowest BCUT2D eigenvalue weighted by Gasteiger charge is -2.30. The number of hydrogen-bond donors (Lipinski definition) is 2. The highest BCUT2D eigenvalue weighted by Crippen LogP contribution is 2.44. The second kappa shape index (κ2) is 9.15. The molecule has 2 fully saturated rings. The lowest BCUT2D eigenvalue weighted by atomic mass is 9.95. The lowest BCUT2D eigenvalue weighted by Crippen LogP contribution is -2.41. The Morgan fingerprint density at radius 1 is 1.13 bits per heavy atom. The SMILES string of the molecule is O=C(NC1CC2CCC1C2)C1=C[C@H](c2cccs2)C[C@H](OCc2ccc(CO)cc2)O1. The van der Waals surface area contributed by atoms with Crippen LogP contribution in [0.1, 0.15) is 54.0 Å². The van der Waals surface area contributed by atoms with Crippen LogP contribution in [-0.4, -0.2) is 23.3 Å². The lowest BCUT2D eigenvalue weighted by molar-refractivity contribution is -0.150. The van der Waals surface area contributed by atoms with Gasteiger partial charge in [-0.15, -0.1) is 11.3 Å². The highest BCUT2D eigenvalue weighted by atomic mass is 32.1. The zero-order valence-electron chi connectivity index (χ0n) is 17.5. The number of allylic oxidation sites excluding steroid dienone is 1. The van der Waals surface area contributed by atoms with Crippen molar-refractivity contribution in [2.75, 3.05) is 0 Å². The van der Waals surface area contributed by atoms with E-state index in [1.54, 1.807) is 11.3 Å². The average molecular weight is 440 g/mol. The largest absolute Gasteiger partial charge is 0.459 e. The first-order chi connectivity index (χ1) is 15.2. The number of hydrogen-bond acceptors (Lipinski definition) is 5. The van der Waals surface area contributed by atoms with Gasteiger partial charge in [-0.1, -0.05) is 36.8 Å². The number of thiophene rings is 1. The monoisotopic (exact) mass is 439 g/mol. The van der Waals surface area contributed by atoms with E-state index in [2.05, 4.69) is 16.8 Å². The Hall–Kier alpha value is -2.15. The van der Waals surface area contributed by atoms with E-state index in [1.807, 2.05) is 36.4 Å². The van der Waals surface area contributed by atoms with Crippen molar-refractivity contribution < 1.29 is 19.4 Å². The first-order valence-corrected chi connectivity index (χ1v) is 12.1. The molecule has 6 heteroatoms. The molecule has 2 bridgehead atoms. The highest BCUT2D eigenvalue weighted by Gasteiger charge is 2.41. The second-order valence-corrected chi connectivity index (χ2v) is 9.96. The second-order valence-electron chi connectivity index (χ2n) is 8.98. The Kier molecular flexibility index (Phi) is 6.12. The van der Waals surface area contributed by atoms with Crippen LogP contribution in [-0.2, 0) is 27.5 Å². The Balaban J connectivity index is 1.26. The van der Waals surface area contributed by atoms with Gasteiger partial charge in [-0.2, -0.15) is 0 Å². The molecule has 1 aromatic carbocycles. The number of amides is 1. The van der Waals surface area contributed by atoms with Gasteiger partial charge in [0.2, 0.25) is 6.29 Å². The molecule has 31 heavy (non-hydrogen) atoms. The minimum atomic E-state index is -0.476. The van der Waals surface area contributed by atoms with Crippen LogP contribution in [0.4, 0.5) is 0 Å². The number of nitrogens with one attached hydrogen (secondary N) is 1. The van der Waals surface area contributed by atoms with Gasteiger partial charge in [-0.05, 0) is 59.7 Å². The van der Waals surface area contributed by atoms with Crippen LogP contribution in [0, 0.1) is 11.8 Å². The molecule has 2 heterocycles. The number of carbonyl (C=O) groups is 1. The summed E-state index contributed by atoms with van der Waals surface area (Å²) in [4.78, 5) is 14.3. The molecule has 3 unspecified atom stereocenters. The average Bonchev–Trinajstić information content (AvgIpc) is 3.56. The summed E-state index contributed by atoms with van der Waals surface area (Å²) >= 11 is 1.70. The number of fused-ring (bicyclic) bond motifs is 2. The molecule has 2 aliphatic carbocycles. The Morgan fingerprint density at radius 2 is 1.97 bits per heavy atom. The van der Waals surface area contributed by atoms with Gasteiger partial charge in [0.05, 0.1) is 13.2 Å². The van der Waals surface area contributed by atoms with Gasteiger partial charge in [-0.25, -0.2) is 0 Å². The minimum Gasteiger partial charge on any atom is -0.459 e. The van der Waals surface area contributed by atoms with Crippen molar-refractivity contribution >= 4 is 17.2 Å². The van der Waals surface area contributed by atoms with Crippen LogP contribution >= 0.6 is 11.3 Å². The van der Waals surface area contributed by atoms with E-state index < -0.39 is 6.29 Å². The summed E-state index contributed by atoms with van der Waals surface area (Å²) in [5, 5.41) is 14.5. The molecular formula is C25H29NO4S. The summed E-state index contributed by atoms with van der Waals surface area (Å²) in [5.41, 5.74) is 1.88. The van der Waals surface area contributed by atoms with Crippen LogP contribution < -0.4 is 5.32 Å². The smallest absolute Gasteiger partial charge is 0.286 e. The van der Waals surface area contributed by atoms with Crippen molar-refractivity contribution in [3.05, 3.63) is 69.6 Å². The molecule has 5 atom stereocenters. The molecule has 2 saturated carbocycles. The summed E-state index contributed by atoms with van der Waals surface area (Å²) in [7, 11) is 0. The van der Waals surface area contributed by atoms with Gasteiger partial charge < -0.3 is 19.9 Å². The third-order valence-electron chi connectivity index (χ3n) is 6.89. The van der Waals surface area contributed by atoms with Crippen LogP contribution in [0.5, 0.6) is 0 Å². The van der Waals surface area contributed by atoms with E-state index in [4.69, 9.17) is 9.47 Å². The molecule has 0 radical (unpaired) electrons. The molecule has 3 aliphatic rings. The maximum absolute atomic E-state index is 13.1. The van der Waals surface area contributed by atoms with E-state index in [-0.39, 0.29) is 24.5 Å².